The standard InChI is InChI=1S/C26H35NO2/c1-26(2,3)18-27-21-10-12-22(13-11-21)28-23-14-16-25-20(17-23)9-15-24(29-25)19-7-5-4-6-8-19/h4-8,14,16-17,21-22,24,27H,9-13,15,18H2,1-3H3/t21-,22-,24?. The lowest BCUT2D eigenvalue weighted by Crippen LogP contribution is -2.40. The van der Waals surface area contributed by atoms with Crippen LogP contribution >= 0.6 is 0 Å². The average Bonchev–Trinajstić information content (AvgIpc) is 2.73. The Morgan fingerprint density at radius 3 is 2.45 bits per heavy atom. The summed E-state index contributed by atoms with van der Waals surface area (Å²) in [4.78, 5) is 0. The minimum absolute atomic E-state index is 0.159. The van der Waals surface area contributed by atoms with Crippen LogP contribution in [0.4, 0.5) is 0 Å². The fourth-order valence-electron chi connectivity index (χ4n) is 4.37. The average molecular weight is 394 g/mol. The van der Waals surface area contributed by atoms with Crippen LogP contribution in [0.25, 0.3) is 0 Å². The summed E-state index contributed by atoms with van der Waals surface area (Å²) in [7, 11) is 0. The van der Waals surface area contributed by atoms with Gasteiger partial charge in [-0.2, -0.15) is 0 Å². The summed E-state index contributed by atoms with van der Waals surface area (Å²) in [6, 6.07) is 17.5. The van der Waals surface area contributed by atoms with Crippen LogP contribution in [-0.2, 0) is 6.42 Å². The number of nitrogens with one attached hydrogen (secondary N) is 1. The van der Waals surface area contributed by atoms with Gasteiger partial charge in [-0.05, 0) is 73.3 Å². The maximum atomic E-state index is 6.34. The van der Waals surface area contributed by atoms with Crippen molar-refractivity contribution in [3.63, 3.8) is 0 Å². The van der Waals surface area contributed by atoms with Crippen molar-refractivity contribution in [1.82, 2.24) is 5.32 Å². The fraction of sp³-hybridized carbons (Fsp3) is 0.538. The summed E-state index contributed by atoms with van der Waals surface area (Å²) < 4.78 is 12.6. The monoisotopic (exact) mass is 393 g/mol. The van der Waals surface area contributed by atoms with E-state index in [-0.39, 0.29) is 6.10 Å². The number of ether oxygens (including phenoxy) is 2. The molecule has 1 heterocycles. The van der Waals surface area contributed by atoms with E-state index in [9.17, 15) is 0 Å². The van der Waals surface area contributed by atoms with E-state index in [0.29, 0.717) is 17.6 Å². The number of aryl methyl sites for hydroxylation is 1. The van der Waals surface area contributed by atoms with Crippen LogP contribution in [0.2, 0.25) is 0 Å². The van der Waals surface area contributed by atoms with E-state index in [1.165, 1.54) is 24.0 Å². The molecule has 2 aromatic carbocycles. The molecule has 0 spiro atoms. The third kappa shape index (κ3) is 5.54. The van der Waals surface area contributed by atoms with Gasteiger partial charge >= 0.3 is 0 Å². The van der Waals surface area contributed by atoms with Crippen LogP contribution in [0.1, 0.15) is 70.1 Å². The third-order valence-corrected chi connectivity index (χ3v) is 6.05. The lowest BCUT2D eigenvalue weighted by atomic mass is 9.90. The second kappa shape index (κ2) is 8.79. The predicted octanol–water partition coefficient (Wildman–Crippen LogP) is 6.08. The molecule has 2 aliphatic rings. The molecule has 0 radical (unpaired) electrons. The molecule has 4 rings (SSSR count). The van der Waals surface area contributed by atoms with Crippen LogP contribution in [0.5, 0.6) is 11.5 Å². The number of benzene rings is 2. The molecule has 156 valence electrons. The number of rotatable bonds is 5. The van der Waals surface area contributed by atoms with Gasteiger partial charge in [0, 0.05) is 12.6 Å². The van der Waals surface area contributed by atoms with Crippen molar-refractivity contribution in [2.45, 2.75) is 77.5 Å². The molecule has 1 saturated carbocycles. The molecular weight excluding hydrogens is 358 g/mol. The van der Waals surface area contributed by atoms with Crippen molar-refractivity contribution in [1.29, 1.82) is 0 Å². The SMILES string of the molecule is CC(C)(C)CN[C@H]1CC[C@H](Oc2ccc3c(c2)CCC(c2ccccc2)O3)CC1. The highest BCUT2D eigenvalue weighted by Crippen LogP contribution is 2.37. The molecule has 1 unspecified atom stereocenters. The fourth-order valence-corrected chi connectivity index (χ4v) is 4.37. The Hall–Kier alpha value is -2.00. The van der Waals surface area contributed by atoms with Gasteiger partial charge in [0.2, 0.25) is 0 Å². The van der Waals surface area contributed by atoms with Crippen molar-refractivity contribution in [2.24, 2.45) is 5.41 Å². The molecule has 0 saturated heterocycles. The summed E-state index contributed by atoms with van der Waals surface area (Å²) in [5.41, 5.74) is 2.88. The Bertz CT molecular complexity index is 788. The van der Waals surface area contributed by atoms with E-state index in [0.717, 1.165) is 43.7 Å². The van der Waals surface area contributed by atoms with Crippen molar-refractivity contribution >= 4 is 0 Å². The van der Waals surface area contributed by atoms with E-state index in [1.807, 2.05) is 0 Å². The van der Waals surface area contributed by atoms with Crippen LogP contribution in [0.3, 0.4) is 0 Å². The quantitative estimate of drug-likeness (QED) is 0.668. The van der Waals surface area contributed by atoms with Gasteiger partial charge in [-0.15, -0.1) is 0 Å². The van der Waals surface area contributed by atoms with Crippen molar-refractivity contribution in [2.75, 3.05) is 6.54 Å². The Labute approximate surface area is 175 Å². The van der Waals surface area contributed by atoms with E-state index >= 15 is 0 Å². The van der Waals surface area contributed by atoms with Crippen molar-refractivity contribution in [3.8, 4) is 11.5 Å². The Kier molecular flexibility index (Phi) is 6.15. The van der Waals surface area contributed by atoms with Crippen LogP contribution in [-0.4, -0.2) is 18.7 Å². The molecule has 3 nitrogen and oxygen atoms in total. The Balaban J connectivity index is 1.29. The molecular formula is C26H35NO2. The highest BCUT2D eigenvalue weighted by Gasteiger charge is 2.25. The Morgan fingerprint density at radius 1 is 0.966 bits per heavy atom. The first-order valence-corrected chi connectivity index (χ1v) is 11.2. The summed E-state index contributed by atoms with van der Waals surface area (Å²) in [5, 5.41) is 3.73. The molecule has 1 aliphatic heterocycles. The zero-order valence-electron chi connectivity index (χ0n) is 18.1. The summed E-state index contributed by atoms with van der Waals surface area (Å²) >= 11 is 0. The lowest BCUT2D eigenvalue weighted by Gasteiger charge is -2.32. The van der Waals surface area contributed by atoms with Crippen LogP contribution < -0.4 is 14.8 Å². The van der Waals surface area contributed by atoms with Crippen LogP contribution in [0, 0.1) is 5.41 Å². The molecule has 1 aliphatic carbocycles. The van der Waals surface area contributed by atoms with Crippen molar-refractivity contribution in [3.05, 3.63) is 59.7 Å². The van der Waals surface area contributed by atoms with Gasteiger partial charge in [-0.3, -0.25) is 0 Å². The van der Waals surface area contributed by atoms with Gasteiger partial charge in [-0.1, -0.05) is 51.1 Å². The van der Waals surface area contributed by atoms with Gasteiger partial charge in [0.25, 0.3) is 0 Å². The molecule has 0 aromatic heterocycles. The van der Waals surface area contributed by atoms with Gasteiger partial charge < -0.3 is 14.8 Å². The number of fused-ring (bicyclic) bond motifs is 1. The van der Waals surface area contributed by atoms with Crippen LogP contribution in [0.15, 0.2) is 48.5 Å². The zero-order chi connectivity index (χ0) is 20.3. The number of hydrogen-bond donors (Lipinski definition) is 1. The Morgan fingerprint density at radius 2 is 1.72 bits per heavy atom. The maximum Gasteiger partial charge on any atom is 0.124 e. The van der Waals surface area contributed by atoms with E-state index in [2.05, 4.69) is 74.6 Å². The molecule has 1 atom stereocenters. The van der Waals surface area contributed by atoms with E-state index < -0.39 is 0 Å². The van der Waals surface area contributed by atoms with Crippen molar-refractivity contribution < 1.29 is 9.47 Å². The highest BCUT2D eigenvalue weighted by molar-refractivity contribution is 5.42. The first-order valence-electron chi connectivity index (χ1n) is 11.2. The van der Waals surface area contributed by atoms with E-state index in [1.54, 1.807) is 0 Å². The smallest absolute Gasteiger partial charge is 0.124 e. The van der Waals surface area contributed by atoms with Gasteiger partial charge in [-0.25, -0.2) is 0 Å². The number of hydrogen-bond acceptors (Lipinski definition) is 3. The van der Waals surface area contributed by atoms with Gasteiger partial charge in [0.15, 0.2) is 0 Å². The topological polar surface area (TPSA) is 30.5 Å². The first kappa shape index (κ1) is 20.3. The summed E-state index contributed by atoms with van der Waals surface area (Å²) in [6.07, 6.45) is 7.21. The lowest BCUT2D eigenvalue weighted by molar-refractivity contribution is 0.135. The van der Waals surface area contributed by atoms with Gasteiger partial charge in [0.1, 0.15) is 17.6 Å². The van der Waals surface area contributed by atoms with E-state index in [4.69, 9.17) is 9.47 Å². The van der Waals surface area contributed by atoms with Gasteiger partial charge in [0.05, 0.1) is 6.10 Å². The molecule has 0 bridgehead atoms. The largest absolute Gasteiger partial charge is 0.490 e. The second-order valence-electron chi connectivity index (χ2n) is 9.86. The predicted molar refractivity (Wildman–Crippen MR) is 119 cm³/mol. The molecule has 2 aromatic rings. The summed E-state index contributed by atoms with van der Waals surface area (Å²) in [6.45, 7) is 7.95. The molecule has 1 fully saturated rings. The minimum atomic E-state index is 0.159. The first-order chi connectivity index (χ1) is 14.0. The highest BCUT2D eigenvalue weighted by atomic mass is 16.5. The summed E-state index contributed by atoms with van der Waals surface area (Å²) in [5.74, 6) is 2.00. The second-order valence-corrected chi connectivity index (χ2v) is 9.86. The molecule has 29 heavy (non-hydrogen) atoms. The molecule has 0 amide bonds. The maximum absolute atomic E-state index is 6.34. The normalized spacial score (nSPS) is 24.4. The third-order valence-electron chi connectivity index (χ3n) is 6.05. The molecule has 1 N–H and O–H groups in total. The zero-order valence-corrected chi connectivity index (χ0v) is 18.1. The minimum Gasteiger partial charge on any atom is -0.490 e. The molecule has 3 heteroatoms.